The molecule has 0 aliphatic rings. The molecule has 0 aliphatic heterocycles. The monoisotopic (exact) mass is 278 g/mol. The van der Waals surface area contributed by atoms with Gasteiger partial charge < -0.3 is 10.6 Å². The molecule has 2 rings (SSSR count). The van der Waals surface area contributed by atoms with Crippen LogP contribution < -0.4 is 10.6 Å². The van der Waals surface area contributed by atoms with Crippen molar-refractivity contribution in [2.24, 2.45) is 4.99 Å². The van der Waals surface area contributed by atoms with Crippen molar-refractivity contribution < 1.29 is 0 Å². The summed E-state index contributed by atoms with van der Waals surface area (Å²) in [5, 5.41) is 15.3. The lowest BCUT2D eigenvalue weighted by molar-refractivity contribution is 0.809. The molecular weight excluding hydrogens is 260 g/mol. The molecule has 0 fully saturated rings. The van der Waals surface area contributed by atoms with Crippen LogP contribution in [0.25, 0.3) is 0 Å². The molecule has 0 saturated heterocycles. The highest BCUT2D eigenvalue weighted by atomic mass is 15.2. The van der Waals surface area contributed by atoms with Crippen molar-refractivity contribution in [3.8, 4) is 6.07 Å². The Bertz CT molecular complexity index is 624. The molecule has 0 atom stereocenters. The van der Waals surface area contributed by atoms with Gasteiger partial charge >= 0.3 is 0 Å². The minimum Gasteiger partial charge on any atom is -0.352 e. The minimum absolute atomic E-state index is 0.667. The lowest BCUT2D eigenvalue weighted by Crippen LogP contribution is -2.36. The zero-order valence-electron chi connectivity index (χ0n) is 12.0. The lowest BCUT2D eigenvalue weighted by atomic mass is 10.1. The molecule has 4 heteroatoms. The summed E-state index contributed by atoms with van der Waals surface area (Å²) in [6, 6.07) is 19.8. The van der Waals surface area contributed by atoms with E-state index in [4.69, 9.17) is 5.26 Å². The van der Waals surface area contributed by atoms with E-state index < -0.39 is 0 Å². The molecule has 106 valence electrons. The molecular formula is C17H18N4. The van der Waals surface area contributed by atoms with Crippen molar-refractivity contribution in [2.75, 3.05) is 7.05 Å². The van der Waals surface area contributed by atoms with E-state index in [1.165, 1.54) is 5.56 Å². The van der Waals surface area contributed by atoms with Crippen LogP contribution in [0.2, 0.25) is 0 Å². The predicted octanol–water partition coefficient (Wildman–Crippen LogP) is 2.42. The third kappa shape index (κ3) is 4.66. The van der Waals surface area contributed by atoms with Gasteiger partial charge in [-0.05, 0) is 23.3 Å². The highest BCUT2D eigenvalue weighted by Gasteiger charge is 1.99. The third-order valence-electron chi connectivity index (χ3n) is 3.07. The Labute approximate surface area is 125 Å². The van der Waals surface area contributed by atoms with E-state index in [1.807, 2.05) is 42.5 Å². The molecule has 0 radical (unpaired) electrons. The Kier molecular flexibility index (Phi) is 5.36. The van der Waals surface area contributed by atoms with Gasteiger partial charge in [-0.25, -0.2) is 0 Å². The molecule has 2 aromatic rings. The van der Waals surface area contributed by atoms with Gasteiger partial charge in [-0.15, -0.1) is 0 Å². The second-order valence-corrected chi connectivity index (χ2v) is 4.57. The molecule has 0 heterocycles. The Morgan fingerprint density at radius 3 is 2.05 bits per heavy atom. The highest BCUT2D eigenvalue weighted by Crippen LogP contribution is 2.03. The van der Waals surface area contributed by atoms with Gasteiger partial charge in [-0.1, -0.05) is 42.5 Å². The maximum atomic E-state index is 8.77. The average Bonchev–Trinajstić information content (AvgIpc) is 2.56. The minimum atomic E-state index is 0.667. The number of rotatable bonds is 4. The van der Waals surface area contributed by atoms with Crippen molar-refractivity contribution in [1.29, 1.82) is 5.26 Å². The van der Waals surface area contributed by atoms with Crippen molar-refractivity contribution in [3.63, 3.8) is 0 Å². The number of nitrogens with one attached hydrogen (secondary N) is 2. The van der Waals surface area contributed by atoms with Crippen molar-refractivity contribution in [3.05, 3.63) is 71.3 Å². The number of nitriles is 1. The Morgan fingerprint density at radius 1 is 0.952 bits per heavy atom. The highest BCUT2D eigenvalue weighted by molar-refractivity contribution is 5.79. The first-order valence-corrected chi connectivity index (χ1v) is 6.79. The third-order valence-corrected chi connectivity index (χ3v) is 3.07. The molecule has 0 unspecified atom stereocenters. The SMILES string of the molecule is CN=C(NCc1ccccc1)NCc1ccc(C#N)cc1. The van der Waals surface area contributed by atoms with Crippen LogP contribution in [-0.4, -0.2) is 13.0 Å². The van der Waals surface area contributed by atoms with E-state index in [0.717, 1.165) is 18.1 Å². The van der Waals surface area contributed by atoms with E-state index in [-0.39, 0.29) is 0 Å². The molecule has 2 aromatic carbocycles. The van der Waals surface area contributed by atoms with Crippen molar-refractivity contribution >= 4 is 5.96 Å². The number of aliphatic imine (C=N–C) groups is 1. The van der Waals surface area contributed by atoms with Gasteiger partial charge in [0.15, 0.2) is 5.96 Å². The first-order chi connectivity index (χ1) is 10.3. The van der Waals surface area contributed by atoms with Gasteiger partial charge in [0.2, 0.25) is 0 Å². The molecule has 0 bridgehead atoms. The van der Waals surface area contributed by atoms with E-state index in [0.29, 0.717) is 12.1 Å². The average molecular weight is 278 g/mol. The van der Waals surface area contributed by atoms with Crippen LogP contribution in [0, 0.1) is 11.3 Å². The first-order valence-electron chi connectivity index (χ1n) is 6.79. The van der Waals surface area contributed by atoms with Crippen molar-refractivity contribution in [1.82, 2.24) is 10.6 Å². The Morgan fingerprint density at radius 2 is 1.52 bits per heavy atom. The largest absolute Gasteiger partial charge is 0.352 e. The van der Waals surface area contributed by atoms with Crippen LogP contribution >= 0.6 is 0 Å². The first kappa shape index (κ1) is 14.6. The van der Waals surface area contributed by atoms with Crippen LogP contribution in [0.3, 0.4) is 0 Å². The second-order valence-electron chi connectivity index (χ2n) is 4.57. The Hall–Kier alpha value is -2.80. The number of nitrogens with zero attached hydrogens (tertiary/aromatic N) is 2. The van der Waals surface area contributed by atoms with Crippen LogP contribution in [0.5, 0.6) is 0 Å². The number of hydrogen-bond donors (Lipinski definition) is 2. The molecule has 4 nitrogen and oxygen atoms in total. The van der Waals surface area contributed by atoms with Gasteiger partial charge in [0.1, 0.15) is 0 Å². The molecule has 21 heavy (non-hydrogen) atoms. The number of hydrogen-bond acceptors (Lipinski definition) is 2. The van der Waals surface area contributed by atoms with Crippen LogP contribution in [0.4, 0.5) is 0 Å². The fourth-order valence-electron chi connectivity index (χ4n) is 1.89. The van der Waals surface area contributed by atoms with E-state index in [9.17, 15) is 0 Å². The fraction of sp³-hybridized carbons (Fsp3) is 0.176. The van der Waals surface area contributed by atoms with E-state index in [2.05, 4.69) is 33.8 Å². The van der Waals surface area contributed by atoms with Gasteiger partial charge in [0.25, 0.3) is 0 Å². The summed E-state index contributed by atoms with van der Waals surface area (Å²) < 4.78 is 0. The van der Waals surface area contributed by atoms with Crippen molar-refractivity contribution in [2.45, 2.75) is 13.1 Å². The normalized spacial score (nSPS) is 10.8. The molecule has 0 amide bonds. The van der Waals surface area contributed by atoms with Crippen LogP contribution in [0.15, 0.2) is 59.6 Å². The van der Waals surface area contributed by atoms with E-state index >= 15 is 0 Å². The summed E-state index contributed by atoms with van der Waals surface area (Å²) in [6.45, 7) is 1.40. The molecule has 0 aromatic heterocycles. The summed E-state index contributed by atoms with van der Waals surface area (Å²) in [5.41, 5.74) is 2.99. The van der Waals surface area contributed by atoms with Gasteiger partial charge in [0.05, 0.1) is 11.6 Å². The molecule has 0 aliphatic carbocycles. The molecule has 0 saturated carbocycles. The van der Waals surface area contributed by atoms with Gasteiger partial charge in [-0.3, -0.25) is 4.99 Å². The zero-order valence-corrected chi connectivity index (χ0v) is 12.0. The van der Waals surface area contributed by atoms with Gasteiger partial charge in [-0.2, -0.15) is 5.26 Å². The summed E-state index contributed by atoms with van der Waals surface area (Å²) in [5.74, 6) is 0.753. The predicted molar refractivity (Wildman–Crippen MR) is 84.6 cm³/mol. The Balaban J connectivity index is 1.84. The summed E-state index contributed by atoms with van der Waals surface area (Å²) in [6.07, 6.45) is 0. The van der Waals surface area contributed by atoms with Crippen LogP contribution in [-0.2, 0) is 13.1 Å². The quantitative estimate of drug-likeness (QED) is 0.667. The smallest absolute Gasteiger partial charge is 0.191 e. The number of benzene rings is 2. The fourth-order valence-corrected chi connectivity index (χ4v) is 1.89. The van der Waals surface area contributed by atoms with E-state index in [1.54, 1.807) is 7.05 Å². The zero-order chi connectivity index (χ0) is 14.9. The molecule has 0 spiro atoms. The maximum absolute atomic E-state index is 8.77. The second kappa shape index (κ2) is 7.71. The summed E-state index contributed by atoms with van der Waals surface area (Å²) >= 11 is 0. The molecule has 2 N–H and O–H groups in total. The number of guanidine groups is 1. The standard InChI is InChI=1S/C17H18N4/c1-19-17(20-12-15-5-3-2-4-6-15)21-13-16-9-7-14(11-18)8-10-16/h2-10H,12-13H2,1H3,(H2,19,20,21). The van der Waals surface area contributed by atoms with Crippen LogP contribution in [0.1, 0.15) is 16.7 Å². The van der Waals surface area contributed by atoms with Gasteiger partial charge in [0, 0.05) is 20.1 Å². The summed E-state index contributed by atoms with van der Waals surface area (Å²) in [4.78, 5) is 4.19. The topological polar surface area (TPSA) is 60.2 Å². The maximum Gasteiger partial charge on any atom is 0.191 e. The lowest BCUT2D eigenvalue weighted by Gasteiger charge is -2.12. The summed E-state index contributed by atoms with van der Waals surface area (Å²) in [7, 11) is 1.75.